The van der Waals surface area contributed by atoms with Crippen LogP contribution < -0.4 is 0 Å². The minimum Gasteiger partial charge on any atom is -0.464 e. The molecule has 0 fully saturated rings. The summed E-state index contributed by atoms with van der Waals surface area (Å²) in [6.07, 6.45) is 6.04. The number of esters is 1. The summed E-state index contributed by atoms with van der Waals surface area (Å²) in [6.45, 7) is 8.46. The smallest absolute Gasteiger partial charge is 0.355 e. The third kappa shape index (κ3) is 6.15. The lowest BCUT2D eigenvalue weighted by Gasteiger charge is -2.15. The number of fused-ring (bicyclic) bond motifs is 2. The largest absolute Gasteiger partial charge is 0.464 e. The van der Waals surface area contributed by atoms with Crippen molar-refractivity contribution in [1.29, 1.82) is 0 Å². The van der Waals surface area contributed by atoms with Gasteiger partial charge >= 0.3 is 5.97 Å². The summed E-state index contributed by atoms with van der Waals surface area (Å²) < 4.78 is 51.7. The number of carbonyl (C=O) groups excluding carboxylic acids is 2. The van der Waals surface area contributed by atoms with Crippen LogP contribution in [-0.2, 0) is 21.3 Å². The number of aryl methyl sites for hydroxylation is 3. The van der Waals surface area contributed by atoms with Crippen molar-refractivity contribution in [3.63, 3.8) is 0 Å². The van der Waals surface area contributed by atoms with Crippen LogP contribution >= 0.6 is 11.3 Å². The maximum Gasteiger partial charge on any atom is 0.355 e. The van der Waals surface area contributed by atoms with Crippen molar-refractivity contribution in [2.24, 2.45) is 0 Å². The van der Waals surface area contributed by atoms with E-state index in [2.05, 4.69) is 20.6 Å². The molecule has 0 aliphatic heterocycles. The predicted molar refractivity (Wildman–Crippen MR) is 202 cm³/mol. The molecule has 7 aromatic rings. The number of carbonyl (C=O) groups is 2. The Balaban J connectivity index is 1.38. The van der Waals surface area contributed by atoms with Crippen LogP contribution in [0.3, 0.4) is 0 Å². The molecule has 0 saturated carbocycles. The number of methoxy groups -OCH3 is 1. The molecule has 1 N–H and O–H groups in total. The normalized spacial score (nSPS) is 12.0. The van der Waals surface area contributed by atoms with E-state index in [1.54, 1.807) is 29.8 Å². The number of hydrogen-bond acceptors (Lipinski definition) is 7. The maximum atomic E-state index is 15.6. The number of benzene rings is 3. The standard InChI is InChI=1S/C40H37FN4O5S2/c1-23(2)35-36(30-19-25(4)20-32-28(30)12-16-44(32)15-6-7-34(46)39-42-14-18-51-39)38(40(47)50-5)43-37(35)31-21-26(41)22-33-29(31)13-17-45(33)52(48,49)27-10-8-24(3)9-11-27/h8-14,16-23,43H,6-7,15H2,1-5H3. The number of ketones is 1. The minimum atomic E-state index is -4.05. The molecule has 3 aromatic carbocycles. The zero-order valence-corrected chi connectivity index (χ0v) is 31.0. The van der Waals surface area contributed by atoms with Crippen molar-refractivity contribution in [3.8, 4) is 22.4 Å². The summed E-state index contributed by atoms with van der Waals surface area (Å²) >= 11 is 1.34. The van der Waals surface area contributed by atoms with E-state index in [1.165, 1.54) is 48.9 Å². The average Bonchev–Trinajstić information content (AvgIpc) is 3.93. The summed E-state index contributed by atoms with van der Waals surface area (Å²) in [6, 6.07) is 16.8. The Bertz CT molecular complexity index is 2600. The first-order valence-electron chi connectivity index (χ1n) is 16.9. The molecule has 0 spiro atoms. The van der Waals surface area contributed by atoms with Gasteiger partial charge in [-0.25, -0.2) is 26.6 Å². The summed E-state index contributed by atoms with van der Waals surface area (Å²) in [5.74, 6) is -1.37. The van der Waals surface area contributed by atoms with Crippen molar-refractivity contribution < 1.29 is 27.1 Å². The van der Waals surface area contributed by atoms with Gasteiger partial charge in [0.2, 0.25) is 0 Å². The Kier molecular flexibility index (Phi) is 9.22. The highest BCUT2D eigenvalue weighted by molar-refractivity contribution is 7.90. The van der Waals surface area contributed by atoms with E-state index < -0.39 is 21.8 Å². The molecule has 12 heteroatoms. The number of Topliss-reactive ketones (excluding diaryl/α,β-unsaturated/α-hetero) is 1. The number of hydrogen-bond donors (Lipinski definition) is 1. The van der Waals surface area contributed by atoms with Crippen molar-refractivity contribution in [1.82, 2.24) is 18.5 Å². The van der Waals surface area contributed by atoms with E-state index in [4.69, 9.17) is 4.74 Å². The third-order valence-corrected chi connectivity index (χ3v) is 11.9. The Morgan fingerprint density at radius 3 is 2.37 bits per heavy atom. The number of H-pyrrole nitrogens is 1. The molecular weight excluding hydrogens is 700 g/mol. The predicted octanol–water partition coefficient (Wildman–Crippen LogP) is 9.28. The molecule has 0 bridgehead atoms. The zero-order valence-electron chi connectivity index (χ0n) is 29.4. The van der Waals surface area contributed by atoms with Gasteiger partial charge in [-0.3, -0.25) is 4.79 Å². The van der Waals surface area contributed by atoms with Crippen LogP contribution in [0.25, 0.3) is 44.2 Å². The highest BCUT2D eigenvalue weighted by Gasteiger charge is 2.30. The molecule has 0 saturated heterocycles. The number of ether oxygens (including phenoxy) is 1. The second-order valence-corrected chi connectivity index (χ2v) is 16.0. The van der Waals surface area contributed by atoms with Gasteiger partial charge in [0.25, 0.3) is 10.0 Å². The fraction of sp³-hybridized carbons (Fsp3) is 0.225. The SMILES string of the molecule is COC(=O)c1[nH]c(-c2cc(F)cc3c2ccn3S(=O)(=O)c2ccc(C)cc2)c(C(C)C)c1-c1cc(C)cc2c1ccn2CCCC(=O)c1nccs1. The molecule has 0 radical (unpaired) electrons. The molecule has 52 heavy (non-hydrogen) atoms. The van der Waals surface area contributed by atoms with E-state index in [0.29, 0.717) is 46.6 Å². The number of thiazole rings is 1. The Morgan fingerprint density at radius 1 is 0.942 bits per heavy atom. The van der Waals surface area contributed by atoms with Crippen LogP contribution in [-0.4, -0.2) is 45.8 Å². The highest BCUT2D eigenvalue weighted by Crippen LogP contribution is 2.45. The van der Waals surface area contributed by atoms with Crippen LogP contribution in [0.15, 0.2) is 89.5 Å². The molecule has 4 heterocycles. The first kappa shape index (κ1) is 35.1. The molecule has 0 aliphatic rings. The van der Waals surface area contributed by atoms with Gasteiger partial charge in [0, 0.05) is 64.4 Å². The Morgan fingerprint density at radius 2 is 1.67 bits per heavy atom. The van der Waals surface area contributed by atoms with Gasteiger partial charge in [0.1, 0.15) is 11.5 Å². The fourth-order valence-electron chi connectivity index (χ4n) is 6.98. The maximum absolute atomic E-state index is 15.6. The molecule has 0 unspecified atom stereocenters. The van der Waals surface area contributed by atoms with Gasteiger partial charge in [-0.05, 0) is 85.3 Å². The van der Waals surface area contributed by atoms with E-state index in [1.807, 2.05) is 46.0 Å². The number of aromatic nitrogens is 4. The van der Waals surface area contributed by atoms with Gasteiger partial charge < -0.3 is 14.3 Å². The molecule has 0 atom stereocenters. The topological polar surface area (TPSA) is 116 Å². The number of aromatic amines is 1. The Labute approximate surface area is 304 Å². The van der Waals surface area contributed by atoms with E-state index in [9.17, 15) is 18.0 Å². The van der Waals surface area contributed by atoms with E-state index in [0.717, 1.165) is 37.1 Å². The first-order valence-corrected chi connectivity index (χ1v) is 19.2. The average molecular weight is 737 g/mol. The van der Waals surface area contributed by atoms with Crippen LogP contribution in [0.1, 0.15) is 69.6 Å². The molecule has 266 valence electrons. The van der Waals surface area contributed by atoms with Gasteiger partial charge in [-0.1, -0.05) is 37.6 Å². The van der Waals surface area contributed by atoms with Crippen molar-refractivity contribution in [2.45, 2.75) is 57.9 Å². The van der Waals surface area contributed by atoms with Crippen LogP contribution in [0.5, 0.6) is 0 Å². The second-order valence-electron chi connectivity index (χ2n) is 13.2. The summed E-state index contributed by atoms with van der Waals surface area (Å²) in [4.78, 5) is 33.7. The highest BCUT2D eigenvalue weighted by atomic mass is 32.2. The van der Waals surface area contributed by atoms with Crippen LogP contribution in [0.2, 0.25) is 0 Å². The minimum absolute atomic E-state index is 0.0158. The van der Waals surface area contributed by atoms with Crippen molar-refractivity contribution >= 4 is 54.9 Å². The van der Waals surface area contributed by atoms with Gasteiger partial charge in [0.05, 0.1) is 23.2 Å². The summed E-state index contributed by atoms with van der Waals surface area (Å²) in [7, 11) is -2.74. The quantitative estimate of drug-likeness (QED) is 0.105. The first-order chi connectivity index (χ1) is 24.9. The van der Waals surface area contributed by atoms with Gasteiger partial charge in [-0.2, -0.15) is 0 Å². The second kappa shape index (κ2) is 13.7. The summed E-state index contributed by atoms with van der Waals surface area (Å²) in [5, 5.41) is 3.70. The lowest BCUT2D eigenvalue weighted by atomic mass is 9.88. The van der Waals surface area contributed by atoms with E-state index >= 15 is 4.39 Å². The summed E-state index contributed by atoms with van der Waals surface area (Å²) in [5.41, 5.74) is 6.29. The lowest BCUT2D eigenvalue weighted by molar-refractivity contribution is 0.0595. The number of nitrogens with zero attached hydrogens (tertiary/aromatic N) is 3. The molecule has 0 amide bonds. The molecule has 9 nitrogen and oxygen atoms in total. The molecule has 4 aromatic heterocycles. The third-order valence-electron chi connectivity index (χ3n) is 9.37. The van der Waals surface area contributed by atoms with Crippen molar-refractivity contribution in [2.75, 3.05) is 7.11 Å². The lowest BCUT2D eigenvalue weighted by Crippen LogP contribution is -2.11. The fourth-order valence-corrected chi connectivity index (χ4v) is 8.92. The van der Waals surface area contributed by atoms with Crippen LogP contribution in [0.4, 0.5) is 4.39 Å². The zero-order chi connectivity index (χ0) is 36.9. The molecule has 7 rings (SSSR count). The monoisotopic (exact) mass is 736 g/mol. The molecule has 0 aliphatic carbocycles. The van der Waals surface area contributed by atoms with Gasteiger partial charge in [0.15, 0.2) is 10.8 Å². The van der Waals surface area contributed by atoms with Gasteiger partial charge in [-0.15, -0.1) is 11.3 Å². The number of halogens is 1. The molecular formula is C40H37FN4O5S2. The number of nitrogens with one attached hydrogen (secondary N) is 1. The van der Waals surface area contributed by atoms with Crippen LogP contribution in [0, 0.1) is 19.7 Å². The van der Waals surface area contributed by atoms with E-state index in [-0.39, 0.29) is 27.8 Å². The van der Waals surface area contributed by atoms with Crippen molar-refractivity contribution in [3.05, 3.63) is 118 Å². The number of rotatable bonds is 11. The Hall–Kier alpha value is -5.33.